The Morgan fingerprint density at radius 2 is 1.92 bits per heavy atom. The van der Waals surface area contributed by atoms with Crippen molar-refractivity contribution in [3.63, 3.8) is 0 Å². The Morgan fingerprint density at radius 1 is 1.20 bits per heavy atom. The summed E-state index contributed by atoms with van der Waals surface area (Å²) in [5.74, 6) is -0.491. The van der Waals surface area contributed by atoms with Gasteiger partial charge in [-0.2, -0.15) is 4.31 Å². The lowest BCUT2D eigenvalue weighted by Gasteiger charge is -2.26. The fourth-order valence-electron chi connectivity index (χ4n) is 2.73. The lowest BCUT2D eigenvalue weighted by Crippen LogP contribution is -2.36. The maximum atomic E-state index is 12.9. The smallest absolute Gasteiger partial charge is 0.258 e. The Morgan fingerprint density at radius 3 is 2.60 bits per heavy atom. The molecule has 9 heteroatoms. The number of aromatic nitrogens is 2. The summed E-state index contributed by atoms with van der Waals surface area (Å²) >= 11 is 1.28. The molecule has 2 aromatic rings. The average Bonchev–Trinajstić information content (AvgIpc) is 3.10. The summed E-state index contributed by atoms with van der Waals surface area (Å²) in [6.45, 7) is 2.94. The average molecular weight is 380 g/mol. The molecule has 0 atom stereocenters. The minimum Gasteiger partial charge on any atom is -0.296 e. The van der Waals surface area contributed by atoms with E-state index in [0.717, 1.165) is 30.7 Å². The molecule has 0 bridgehead atoms. The first-order chi connectivity index (χ1) is 12.0. The Balaban J connectivity index is 1.88. The molecule has 3 rings (SSSR count). The number of sulfonamides is 1. The Kier molecular flexibility index (Phi) is 5.45. The van der Waals surface area contributed by atoms with Gasteiger partial charge in [-0.15, -0.1) is 10.2 Å². The van der Waals surface area contributed by atoms with Gasteiger partial charge in [-0.1, -0.05) is 36.8 Å². The van der Waals surface area contributed by atoms with Crippen LogP contribution in [0.15, 0.2) is 29.2 Å². The Bertz CT molecular complexity index is 858. The SMILES string of the molecule is CCc1nnc(NC(=O)c2ccccc2S(=O)(=O)N2CCCCC2)s1. The topological polar surface area (TPSA) is 92.3 Å². The third-order valence-corrected chi connectivity index (χ3v) is 6.99. The number of piperidine rings is 1. The first-order valence-corrected chi connectivity index (χ1v) is 10.5. The second-order valence-corrected chi connectivity index (χ2v) is 8.74. The third-order valence-electron chi connectivity index (χ3n) is 4.05. The van der Waals surface area contributed by atoms with Crippen molar-refractivity contribution in [2.75, 3.05) is 18.4 Å². The van der Waals surface area contributed by atoms with Gasteiger partial charge in [0.2, 0.25) is 15.2 Å². The molecule has 0 saturated carbocycles. The van der Waals surface area contributed by atoms with Crippen LogP contribution in [0, 0.1) is 0 Å². The second kappa shape index (κ2) is 7.59. The zero-order chi connectivity index (χ0) is 17.9. The van der Waals surface area contributed by atoms with Crippen LogP contribution in [0.2, 0.25) is 0 Å². The molecular weight excluding hydrogens is 360 g/mol. The highest BCUT2D eigenvalue weighted by atomic mass is 32.2. The minimum atomic E-state index is -3.69. The molecular formula is C16H20N4O3S2. The number of benzene rings is 1. The van der Waals surface area contributed by atoms with E-state index in [1.165, 1.54) is 27.8 Å². The van der Waals surface area contributed by atoms with Gasteiger partial charge in [0.25, 0.3) is 5.91 Å². The highest BCUT2D eigenvalue weighted by molar-refractivity contribution is 7.89. The van der Waals surface area contributed by atoms with Gasteiger partial charge in [-0.05, 0) is 31.4 Å². The number of hydrogen-bond donors (Lipinski definition) is 1. The van der Waals surface area contributed by atoms with Gasteiger partial charge in [-0.25, -0.2) is 8.42 Å². The number of nitrogens with zero attached hydrogens (tertiary/aromatic N) is 3. The number of carbonyl (C=O) groups is 1. The molecule has 1 aromatic carbocycles. The largest absolute Gasteiger partial charge is 0.296 e. The van der Waals surface area contributed by atoms with Crippen LogP contribution in [0.5, 0.6) is 0 Å². The van der Waals surface area contributed by atoms with Crippen LogP contribution in [0.4, 0.5) is 5.13 Å². The van der Waals surface area contributed by atoms with Crippen LogP contribution in [0.1, 0.15) is 41.6 Å². The Hall–Kier alpha value is -1.84. The van der Waals surface area contributed by atoms with Gasteiger partial charge in [0, 0.05) is 13.1 Å². The summed E-state index contributed by atoms with van der Waals surface area (Å²) in [5.41, 5.74) is 0.126. The van der Waals surface area contributed by atoms with E-state index in [0.29, 0.717) is 18.2 Å². The lowest BCUT2D eigenvalue weighted by atomic mass is 10.2. The van der Waals surface area contributed by atoms with E-state index in [2.05, 4.69) is 15.5 Å². The Labute approximate surface area is 151 Å². The van der Waals surface area contributed by atoms with Gasteiger partial charge in [0.1, 0.15) is 5.01 Å². The van der Waals surface area contributed by atoms with Gasteiger partial charge < -0.3 is 0 Å². The quantitative estimate of drug-likeness (QED) is 0.860. The zero-order valence-corrected chi connectivity index (χ0v) is 15.6. The summed E-state index contributed by atoms with van der Waals surface area (Å²) in [7, 11) is -3.69. The van der Waals surface area contributed by atoms with E-state index in [9.17, 15) is 13.2 Å². The fraction of sp³-hybridized carbons (Fsp3) is 0.438. The van der Waals surface area contributed by atoms with E-state index < -0.39 is 15.9 Å². The zero-order valence-electron chi connectivity index (χ0n) is 13.9. The molecule has 25 heavy (non-hydrogen) atoms. The van der Waals surface area contributed by atoms with Crippen LogP contribution in [0.3, 0.4) is 0 Å². The van der Waals surface area contributed by atoms with Crippen molar-refractivity contribution >= 4 is 32.4 Å². The molecule has 0 aliphatic carbocycles. The van der Waals surface area contributed by atoms with Crippen molar-refractivity contribution < 1.29 is 13.2 Å². The number of nitrogens with one attached hydrogen (secondary N) is 1. The number of amides is 1. The second-order valence-electron chi connectivity index (χ2n) is 5.77. The molecule has 0 spiro atoms. The molecule has 0 unspecified atom stereocenters. The van der Waals surface area contributed by atoms with Crippen molar-refractivity contribution in [3.05, 3.63) is 34.8 Å². The lowest BCUT2D eigenvalue weighted by molar-refractivity contribution is 0.102. The number of hydrogen-bond acceptors (Lipinski definition) is 6. The van der Waals surface area contributed by atoms with Gasteiger partial charge in [-0.3, -0.25) is 10.1 Å². The standard InChI is InChI=1S/C16H20N4O3S2/c1-2-14-18-19-16(24-14)17-15(21)12-8-4-5-9-13(12)25(22,23)20-10-6-3-7-11-20/h4-5,8-9H,2-3,6-7,10-11H2,1H3,(H,17,19,21). The first-order valence-electron chi connectivity index (χ1n) is 8.25. The van der Waals surface area contributed by atoms with Gasteiger partial charge in [0.15, 0.2) is 0 Å². The third kappa shape index (κ3) is 3.88. The monoisotopic (exact) mass is 380 g/mol. The first kappa shape index (κ1) is 18.0. The summed E-state index contributed by atoms with van der Waals surface area (Å²) in [6.07, 6.45) is 3.45. The van der Waals surface area contributed by atoms with E-state index in [1.54, 1.807) is 12.1 Å². The summed E-state index contributed by atoms with van der Waals surface area (Å²) in [5, 5.41) is 11.7. The van der Waals surface area contributed by atoms with Crippen LogP contribution in [-0.4, -0.2) is 41.9 Å². The molecule has 1 aliphatic rings. The maximum Gasteiger partial charge on any atom is 0.258 e. The molecule has 2 heterocycles. The van der Waals surface area contributed by atoms with Crippen LogP contribution in [0.25, 0.3) is 0 Å². The predicted molar refractivity (Wildman–Crippen MR) is 96.3 cm³/mol. The minimum absolute atomic E-state index is 0.0367. The van der Waals surface area contributed by atoms with E-state index in [1.807, 2.05) is 6.92 Å². The summed E-state index contributed by atoms with van der Waals surface area (Å²) in [6, 6.07) is 6.29. The summed E-state index contributed by atoms with van der Waals surface area (Å²) < 4.78 is 27.3. The highest BCUT2D eigenvalue weighted by Gasteiger charge is 2.29. The predicted octanol–water partition coefficient (Wildman–Crippen LogP) is 2.53. The molecule has 1 saturated heterocycles. The van der Waals surface area contributed by atoms with Crippen molar-refractivity contribution in [2.45, 2.75) is 37.5 Å². The van der Waals surface area contributed by atoms with Crippen molar-refractivity contribution in [2.24, 2.45) is 0 Å². The molecule has 1 amide bonds. The van der Waals surface area contributed by atoms with E-state index in [4.69, 9.17) is 0 Å². The van der Waals surface area contributed by atoms with E-state index >= 15 is 0 Å². The molecule has 1 fully saturated rings. The number of rotatable bonds is 5. The number of anilines is 1. The van der Waals surface area contributed by atoms with Crippen molar-refractivity contribution in [1.82, 2.24) is 14.5 Å². The van der Waals surface area contributed by atoms with Crippen LogP contribution in [-0.2, 0) is 16.4 Å². The molecule has 134 valence electrons. The van der Waals surface area contributed by atoms with Crippen LogP contribution < -0.4 is 5.32 Å². The van der Waals surface area contributed by atoms with Crippen LogP contribution >= 0.6 is 11.3 Å². The number of carbonyl (C=O) groups excluding carboxylic acids is 1. The maximum absolute atomic E-state index is 12.9. The molecule has 1 aromatic heterocycles. The van der Waals surface area contributed by atoms with Gasteiger partial charge in [0.05, 0.1) is 10.5 Å². The molecule has 1 N–H and O–H groups in total. The van der Waals surface area contributed by atoms with E-state index in [-0.39, 0.29) is 10.5 Å². The summed E-state index contributed by atoms with van der Waals surface area (Å²) in [4.78, 5) is 12.6. The highest BCUT2D eigenvalue weighted by Crippen LogP contribution is 2.25. The number of aryl methyl sites for hydroxylation is 1. The molecule has 1 aliphatic heterocycles. The normalized spacial score (nSPS) is 15.9. The molecule has 0 radical (unpaired) electrons. The molecule has 7 nitrogen and oxygen atoms in total. The fourth-order valence-corrected chi connectivity index (χ4v) is 5.12. The van der Waals surface area contributed by atoms with Crippen molar-refractivity contribution in [3.8, 4) is 0 Å². The van der Waals surface area contributed by atoms with Crippen molar-refractivity contribution in [1.29, 1.82) is 0 Å². The van der Waals surface area contributed by atoms with Gasteiger partial charge >= 0.3 is 0 Å².